The summed E-state index contributed by atoms with van der Waals surface area (Å²) < 4.78 is 73.7. The number of hydrogen-bond acceptors (Lipinski definition) is 12. The SMILES string of the molecule is COc1ccc2nc3c(nc2c1)OC1CN(C(=O)C(C(C)(C)C)NC(=O)OC2CCN(C(C)=O)C2CCCCC3)C(C(=O)NC2(C(=O)NS(=O)(=O)C3(C)CC3)CC2C(F)F)C1C. The molecule has 1 aromatic heterocycles. The van der Waals surface area contributed by atoms with Gasteiger partial charge in [0.05, 0.1) is 41.4 Å². The molecule has 2 bridgehead atoms. The number of carbonyl (C=O) groups excluding carboxylic acids is 5. The summed E-state index contributed by atoms with van der Waals surface area (Å²) >= 11 is 0. The van der Waals surface area contributed by atoms with E-state index in [9.17, 15) is 41.2 Å². The van der Waals surface area contributed by atoms with Gasteiger partial charge < -0.3 is 34.6 Å². The van der Waals surface area contributed by atoms with Gasteiger partial charge in [0.1, 0.15) is 41.3 Å². The van der Waals surface area contributed by atoms with Crippen molar-refractivity contribution < 1.29 is 55.4 Å². The average molecular weight is 890 g/mol. The van der Waals surface area contributed by atoms with Gasteiger partial charge in [-0.05, 0) is 63.0 Å². The Balaban J connectivity index is 1.27. The topological polar surface area (TPSA) is 216 Å². The van der Waals surface area contributed by atoms with E-state index in [1.807, 2.05) is 4.72 Å². The number of alkyl halides is 2. The van der Waals surface area contributed by atoms with E-state index in [1.54, 1.807) is 50.8 Å². The number of alkyl carbamates (subject to hydrolysis) is 1. The molecule has 0 spiro atoms. The minimum atomic E-state index is -4.27. The molecule has 2 saturated heterocycles. The molecule has 0 radical (unpaired) electrons. The third kappa shape index (κ3) is 8.71. The molecule has 62 heavy (non-hydrogen) atoms. The van der Waals surface area contributed by atoms with E-state index in [1.165, 1.54) is 25.9 Å². The van der Waals surface area contributed by atoms with Crippen LogP contribution in [-0.2, 0) is 40.4 Å². The second kappa shape index (κ2) is 16.7. The fourth-order valence-corrected chi connectivity index (χ4v) is 10.4. The molecule has 340 valence electrons. The lowest BCUT2D eigenvalue weighted by Crippen LogP contribution is -2.61. The molecule has 2 saturated carbocycles. The summed E-state index contributed by atoms with van der Waals surface area (Å²) in [7, 11) is -2.75. The number of halogens is 2. The van der Waals surface area contributed by atoms with E-state index in [0.717, 1.165) is 6.42 Å². The van der Waals surface area contributed by atoms with Crippen molar-refractivity contribution in [2.75, 3.05) is 20.2 Å². The highest BCUT2D eigenvalue weighted by atomic mass is 32.2. The number of benzene rings is 1. The van der Waals surface area contributed by atoms with E-state index in [4.69, 9.17) is 24.2 Å². The van der Waals surface area contributed by atoms with Gasteiger partial charge in [-0.3, -0.25) is 23.9 Å². The van der Waals surface area contributed by atoms with Gasteiger partial charge in [0, 0.05) is 31.9 Å². The van der Waals surface area contributed by atoms with Crippen molar-refractivity contribution in [3.8, 4) is 11.6 Å². The van der Waals surface area contributed by atoms with Crippen molar-refractivity contribution in [3.05, 3.63) is 23.9 Å². The van der Waals surface area contributed by atoms with Gasteiger partial charge in [-0.2, -0.15) is 0 Å². The first kappa shape index (κ1) is 45.2. The number of ether oxygens (including phenoxy) is 3. The Kier molecular flexibility index (Phi) is 12.1. The van der Waals surface area contributed by atoms with E-state index < -0.39 is 105 Å². The normalized spacial score (nSPS) is 30.2. The molecule has 5 amide bonds. The lowest BCUT2D eigenvalue weighted by Gasteiger charge is -2.36. The maximum Gasteiger partial charge on any atom is 0.408 e. The van der Waals surface area contributed by atoms with E-state index in [2.05, 4.69) is 10.6 Å². The number of rotatable bonds is 7. The first-order valence-corrected chi connectivity index (χ1v) is 22.8. The maximum atomic E-state index is 14.9. The van der Waals surface area contributed by atoms with Crippen molar-refractivity contribution >= 4 is 50.8 Å². The van der Waals surface area contributed by atoms with Crippen LogP contribution in [0.3, 0.4) is 0 Å². The fraction of sp³-hybridized carbons (Fsp3) is 0.690. The minimum absolute atomic E-state index is 0.151. The molecular formula is C42H57F2N7O10S. The van der Waals surface area contributed by atoms with Crippen LogP contribution in [0.5, 0.6) is 11.6 Å². The van der Waals surface area contributed by atoms with Crippen LogP contribution in [-0.4, -0.2) is 125 Å². The van der Waals surface area contributed by atoms with Gasteiger partial charge in [-0.1, -0.05) is 40.5 Å². The Hall–Kier alpha value is -4.88. The molecule has 20 heteroatoms. The number of sulfonamides is 1. The quantitative estimate of drug-likeness (QED) is 0.364. The Morgan fingerprint density at radius 1 is 1.03 bits per heavy atom. The van der Waals surface area contributed by atoms with Crippen LogP contribution in [0.25, 0.3) is 11.0 Å². The highest BCUT2D eigenvalue weighted by Gasteiger charge is 2.67. The van der Waals surface area contributed by atoms with Gasteiger partial charge in [-0.15, -0.1) is 0 Å². The van der Waals surface area contributed by atoms with Gasteiger partial charge in [0.25, 0.3) is 5.91 Å². The third-order valence-electron chi connectivity index (χ3n) is 13.4. The van der Waals surface area contributed by atoms with E-state index in [-0.39, 0.29) is 31.2 Å². The summed E-state index contributed by atoms with van der Waals surface area (Å²) in [6, 6.07) is 2.07. The number of amides is 5. The second-order valence-corrected chi connectivity index (χ2v) is 21.0. The molecule has 1 aromatic carbocycles. The molecular weight excluding hydrogens is 833 g/mol. The number of hydrogen-bond donors (Lipinski definition) is 3. The van der Waals surface area contributed by atoms with Crippen molar-refractivity contribution in [1.82, 2.24) is 35.1 Å². The molecule has 3 aliphatic heterocycles. The Bertz CT molecular complexity index is 2240. The Morgan fingerprint density at radius 2 is 1.76 bits per heavy atom. The van der Waals surface area contributed by atoms with E-state index >= 15 is 0 Å². The van der Waals surface area contributed by atoms with Gasteiger partial charge in [0.15, 0.2) is 0 Å². The number of nitrogens with zero attached hydrogens (tertiary/aromatic N) is 4. The number of aromatic nitrogens is 2. The molecule has 4 heterocycles. The third-order valence-corrected chi connectivity index (χ3v) is 15.5. The number of fused-ring (bicyclic) bond motifs is 5. The van der Waals surface area contributed by atoms with Crippen molar-refractivity contribution in [2.24, 2.45) is 17.3 Å². The standard InChI is InChI=1S/C42H57F2N7O10S/c1-22-31-21-51(32(22)35(53)48-42(20-25(42)34(43)44)38(55)49-62(57,58)41(6)16-17-41)37(54)33(40(3,4)5)47-39(56)61-30-15-18-50(23(2)52)29(30)12-10-8-9-11-27-36(60-31)46-28-19-24(59-7)13-14-26(28)45-27/h13-14,19,22,25,29-34H,8-12,15-18,20-21H2,1-7H3,(H,47,56)(H,48,53)(H,49,55). The Morgan fingerprint density at radius 3 is 2.39 bits per heavy atom. The molecule has 7 rings (SSSR count). The zero-order chi connectivity index (χ0) is 45.1. The Labute approximate surface area is 359 Å². The van der Waals surface area contributed by atoms with Crippen LogP contribution in [0.2, 0.25) is 0 Å². The van der Waals surface area contributed by atoms with Gasteiger partial charge in [-0.25, -0.2) is 32.0 Å². The summed E-state index contributed by atoms with van der Waals surface area (Å²) in [5.41, 5.74) is -1.71. The molecule has 2 aromatic rings. The number of likely N-dealkylation sites (tertiary alicyclic amines) is 1. The number of aryl methyl sites for hydroxylation is 1. The molecule has 2 aliphatic carbocycles. The summed E-state index contributed by atoms with van der Waals surface area (Å²) in [5.74, 6) is -5.04. The zero-order valence-corrected chi connectivity index (χ0v) is 37.0. The summed E-state index contributed by atoms with van der Waals surface area (Å²) in [5, 5.41) is 5.20. The average Bonchev–Trinajstić information content (AvgIpc) is 4.06. The molecule has 3 N–H and O–H groups in total. The van der Waals surface area contributed by atoms with Crippen molar-refractivity contribution in [3.63, 3.8) is 0 Å². The summed E-state index contributed by atoms with van der Waals surface area (Å²) in [6.07, 6.45) is -2.09. The predicted octanol–water partition coefficient (Wildman–Crippen LogP) is 3.62. The van der Waals surface area contributed by atoms with Crippen LogP contribution in [0.4, 0.5) is 13.6 Å². The lowest BCUT2D eigenvalue weighted by atomic mass is 9.85. The first-order valence-electron chi connectivity index (χ1n) is 21.3. The minimum Gasteiger partial charge on any atom is -0.497 e. The number of methoxy groups -OCH3 is 1. The van der Waals surface area contributed by atoms with Crippen LogP contribution >= 0.6 is 0 Å². The molecule has 17 nitrogen and oxygen atoms in total. The maximum absolute atomic E-state index is 14.9. The largest absolute Gasteiger partial charge is 0.497 e. The van der Waals surface area contributed by atoms with Gasteiger partial charge >= 0.3 is 6.09 Å². The monoisotopic (exact) mass is 889 g/mol. The van der Waals surface area contributed by atoms with E-state index in [0.29, 0.717) is 61.1 Å². The zero-order valence-electron chi connectivity index (χ0n) is 36.2. The molecule has 8 unspecified atom stereocenters. The summed E-state index contributed by atoms with van der Waals surface area (Å²) in [6.45, 7) is 9.83. The second-order valence-electron chi connectivity index (χ2n) is 18.8. The van der Waals surface area contributed by atoms with Crippen LogP contribution < -0.4 is 24.8 Å². The lowest BCUT2D eigenvalue weighted by molar-refractivity contribution is -0.143. The van der Waals surface area contributed by atoms with Crippen molar-refractivity contribution in [2.45, 2.75) is 146 Å². The summed E-state index contributed by atoms with van der Waals surface area (Å²) in [4.78, 5) is 82.3. The van der Waals surface area contributed by atoms with Crippen LogP contribution in [0, 0.1) is 17.3 Å². The highest BCUT2D eigenvalue weighted by Crippen LogP contribution is 2.49. The molecule has 5 aliphatic rings. The van der Waals surface area contributed by atoms with Crippen LogP contribution in [0.15, 0.2) is 18.2 Å². The molecule has 4 fully saturated rings. The molecule has 8 atom stereocenters. The van der Waals surface area contributed by atoms with Crippen molar-refractivity contribution in [1.29, 1.82) is 0 Å². The highest BCUT2D eigenvalue weighted by molar-refractivity contribution is 7.91. The smallest absolute Gasteiger partial charge is 0.408 e. The van der Waals surface area contributed by atoms with Gasteiger partial charge in [0.2, 0.25) is 40.1 Å². The first-order chi connectivity index (χ1) is 29.1. The predicted molar refractivity (Wildman–Crippen MR) is 219 cm³/mol. The fourth-order valence-electron chi connectivity index (χ4n) is 9.05. The number of nitrogens with one attached hydrogen (secondary N) is 3. The van der Waals surface area contributed by atoms with Crippen LogP contribution in [0.1, 0.15) is 98.6 Å². The number of carbonyl (C=O) groups is 5.